The third-order valence-electron chi connectivity index (χ3n) is 5.01. The van der Waals surface area contributed by atoms with Crippen molar-refractivity contribution in [3.8, 4) is 17.0 Å². The number of nitrogens with one attached hydrogen (secondary N) is 1. The number of non-ortho nitro benzene ring substituents is 1. The van der Waals surface area contributed by atoms with E-state index in [0.29, 0.717) is 10.7 Å². The second kappa shape index (κ2) is 9.66. The largest absolute Gasteiger partial charge is 0.494 e. The Kier molecular flexibility index (Phi) is 6.50. The van der Waals surface area contributed by atoms with E-state index in [1.165, 1.54) is 37.1 Å². The second-order valence-corrected chi connectivity index (χ2v) is 8.49. The van der Waals surface area contributed by atoms with E-state index in [2.05, 4.69) is 15.5 Å². The molecule has 0 saturated heterocycles. The highest BCUT2D eigenvalue weighted by Gasteiger charge is 2.21. The summed E-state index contributed by atoms with van der Waals surface area (Å²) in [4.78, 5) is 23.3. The lowest BCUT2D eigenvalue weighted by molar-refractivity contribution is -0.384. The molecule has 4 rings (SSSR count). The Morgan fingerprint density at radius 1 is 1.03 bits per heavy atom. The number of thioether (sulfide) groups is 1. The predicted molar refractivity (Wildman–Crippen MR) is 129 cm³/mol. The molecule has 0 aliphatic rings. The van der Waals surface area contributed by atoms with E-state index in [0.717, 1.165) is 22.0 Å². The number of carbonyl (C=O) groups excluding carboxylic acids is 1. The SMILES string of the molecule is COc1cc([N+](=O)[O-])ccc1NC(=O)C(C)Sc1nnc(-c2ccccc2)c2ccccc12. The van der Waals surface area contributed by atoms with E-state index >= 15 is 0 Å². The van der Waals surface area contributed by atoms with Gasteiger partial charge in [0.1, 0.15) is 16.5 Å². The summed E-state index contributed by atoms with van der Waals surface area (Å²) in [5, 5.41) is 24.6. The van der Waals surface area contributed by atoms with E-state index in [9.17, 15) is 14.9 Å². The van der Waals surface area contributed by atoms with Gasteiger partial charge < -0.3 is 10.1 Å². The number of benzene rings is 3. The number of amides is 1. The van der Waals surface area contributed by atoms with Crippen LogP contribution in [0.5, 0.6) is 5.75 Å². The van der Waals surface area contributed by atoms with Crippen molar-refractivity contribution in [3.05, 3.63) is 82.9 Å². The zero-order valence-electron chi connectivity index (χ0n) is 17.9. The van der Waals surface area contributed by atoms with Crippen molar-refractivity contribution in [1.82, 2.24) is 10.2 Å². The molecule has 0 fully saturated rings. The fourth-order valence-electron chi connectivity index (χ4n) is 3.33. The molecule has 1 N–H and O–H groups in total. The van der Waals surface area contributed by atoms with Gasteiger partial charge in [0, 0.05) is 22.4 Å². The smallest absolute Gasteiger partial charge is 0.273 e. The number of aromatic nitrogens is 2. The first-order valence-corrected chi connectivity index (χ1v) is 11.0. The Balaban J connectivity index is 1.58. The minimum atomic E-state index is -0.518. The highest BCUT2D eigenvalue weighted by atomic mass is 32.2. The molecule has 166 valence electrons. The molecule has 0 spiro atoms. The van der Waals surface area contributed by atoms with E-state index < -0.39 is 10.2 Å². The molecule has 1 heterocycles. The summed E-state index contributed by atoms with van der Waals surface area (Å²) in [7, 11) is 1.39. The first-order valence-electron chi connectivity index (χ1n) is 10.1. The molecule has 8 nitrogen and oxygen atoms in total. The van der Waals surface area contributed by atoms with Crippen molar-refractivity contribution in [2.24, 2.45) is 0 Å². The van der Waals surface area contributed by atoms with Crippen LogP contribution < -0.4 is 10.1 Å². The molecule has 0 saturated carbocycles. The van der Waals surface area contributed by atoms with Gasteiger partial charge in [-0.3, -0.25) is 14.9 Å². The summed E-state index contributed by atoms with van der Waals surface area (Å²) < 4.78 is 5.20. The highest BCUT2D eigenvalue weighted by molar-refractivity contribution is 8.00. The van der Waals surface area contributed by atoms with Gasteiger partial charge in [-0.2, -0.15) is 0 Å². The van der Waals surface area contributed by atoms with Crippen LogP contribution >= 0.6 is 11.8 Å². The number of nitro groups is 1. The van der Waals surface area contributed by atoms with Gasteiger partial charge in [0.25, 0.3) is 5.69 Å². The van der Waals surface area contributed by atoms with Crippen LogP contribution in [0.3, 0.4) is 0 Å². The van der Waals surface area contributed by atoms with Crippen molar-refractivity contribution >= 4 is 39.8 Å². The predicted octanol–water partition coefficient (Wildman–Crippen LogP) is 5.33. The summed E-state index contributed by atoms with van der Waals surface area (Å²) in [5.41, 5.74) is 1.99. The summed E-state index contributed by atoms with van der Waals surface area (Å²) in [6.45, 7) is 1.76. The molecule has 1 amide bonds. The first-order chi connectivity index (χ1) is 16.0. The Hall–Kier alpha value is -3.98. The van der Waals surface area contributed by atoms with Crippen LogP contribution in [0.15, 0.2) is 77.8 Å². The maximum Gasteiger partial charge on any atom is 0.273 e. The zero-order chi connectivity index (χ0) is 23.4. The van der Waals surface area contributed by atoms with E-state index in [1.807, 2.05) is 54.6 Å². The van der Waals surface area contributed by atoms with Gasteiger partial charge in [-0.1, -0.05) is 66.4 Å². The highest BCUT2D eigenvalue weighted by Crippen LogP contribution is 2.34. The van der Waals surface area contributed by atoms with E-state index in [4.69, 9.17) is 4.74 Å². The minimum Gasteiger partial charge on any atom is -0.494 e. The van der Waals surface area contributed by atoms with Crippen LogP contribution in [0, 0.1) is 10.1 Å². The number of methoxy groups -OCH3 is 1. The zero-order valence-corrected chi connectivity index (χ0v) is 18.7. The number of carbonyl (C=O) groups is 1. The van der Waals surface area contributed by atoms with Crippen LogP contribution in [-0.4, -0.2) is 33.4 Å². The van der Waals surface area contributed by atoms with Gasteiger partial charge in [0.15, 0.2) is 0 Å². The second-order valence-electron chi connectivity index (χ2n) is 7.16. The lowest BCUT2D eigenvalue weighted by atomic mass is 10.1. The Morgan fingerprint density at radius 2 is 1.73 bits per heavy atom. The molecule has 1 atom stereocenters. The minimum absolute atomic E-state index is 0.118. The summed E-state index contributed by atoms with van der Waals surface area (Å²) in [5.74, 6) is -0.0719. The topological polar surface area (TPSA) is 107 Å². The lowest BCUT2D eigenvalue weighted by Crippen LogP contribution is -2.23. The van der Waals surface area contributed by atoms with Gasteiger partial charge in [0.2, 0.25) is 5.91 Å². The normalized spacial score (nSPS) is 11.7. The van der Waals surface area contributed by atoms with Crippen LogP contribution in [0.2, 0.25) is 0 Å². The van der Waals surface area contributed by atoms with Crippen molar-refractivity contribution in [2.45, 2.75) is 17.2 Å². The lowest BCUT2D eigenvalue weighted by Gasteiger charge is -2.15. The van der Waals surface area contributed by atoms with Crippen LogP contribution in [0.1, 0.15) is 6.92 Å². The maximum absolute atomic E-state index is 12.9. The molecule has 4 aromatic rings. The molecular weight excluding hydrogens is 440 g/mol. The van der Waals surface area contributed by atoms with Gasteiger partial charge in [-0.15, -0.1) is 10.2 Å². The number of ether oxygens (including phenoxy) is 1. The van der Waals surface area contributed by atoms with Gasteiger partial charge in [-0.25, -0.2) is 0 Å². The Bertz CT molecular complexity index is 1330. The van der Waals surface area contributed by atoms with Crippen molar-refractivity contribution in [1.29, 1.82) is 0 Å². The van der Waals surface area contributed by atoms with E-state index in [1.54, 1.807) is 6.92 Å². The van der Waals surface area contributed by atoms with Gasteiger partial charge in [-0.05, 0) is 13.0 Å². The third kappa shape index (κ3) is 4.78. The Labute approximate surface area is 194 Å². The average Bonchev–Trinajstić information content (AvgIpc) is 2.84. The van der Waals surface area contributed by atoms with Gasteiger partial charge in [0.05, 0.1) is 29.0 Å². The summed E-state index contributed by atoms with van der Waals surface area (Å²) in [6, 6.07) is 21.7. The number of hydrogen-bond acceptors (Lipinski definition) is 7. The third-order valence-corrected chi connectivity index (χ3v) is 6.10. The molecule has 1 aromatic heterocycles. The van der Waals surface area contributed by atoms with Gasteiger partial charge >= 0.3 is 0 Å². The molecule has 33 heavy (non-hydrogen) atoms. The number of fused-ring (bicyclic) bond motifs is 1. The van der Waals surface area contributed by atoms with Crippen LogP contribution in [0.4, 0.5) is 11.4 Å². The average molecular weight is 461 g/mol. The first kappa shape index (κ1) is 22.2. The van der Waals surface area contributed by atoms with Crippen molar-refractivity contribution in [3.63, 3.8) is 0 Å². The molecule has 0 aliphatic carbocycles. The summed E-state index contributed by atoms with van der Waals surface area (Å²) >= 11 is 1.29. The van der Waals surface area contributed by atoms with Crippen LogP contribution in [0.25, 0.3) is 22.0 Å². The molecular formula is C24H20N4O4S. The molecule has 0 bridgehead atoms. The number of nitrogens with zero attached hydrogens (tertiary/aromatic N) is 3. The monoisotopic (exact) mass is 460 g/mol. The van der Waals surface area contributed by atoms with Crippen molar-refractivity contribution < 1.29 is 14.5 Å². The number of rotatable bonds is 7. The molecule has 0 aliphatic heterocycles. The summed E-state index contributed by atoms with van der Waals surface area (Å²) in [6.07, 6.45) is 0. The molecule has 3 aromatic carbocycles. The molecule has 1 unspecified atom stereocenters. The Morgan fingerprint density at radius 3 is 2.42 bits per heavy atom. The number of anilines is 1. The fourth-order valence-corrected chi connectivity index (χ4v) is 4.22. The van der Waals surface area contributed by atoms with Crippen molar-refractivity contribution in [2.75, 3.05) is 12.4 Å². The molecule has 9 heteroatoms. The van der Waals surface area contributed by atoms with Crippen LogP contribution in [-0.2, 0) is 4.79 Å². The standard InChI is InChI=1S/C24H20N4O4S/c1-15(23(29)25-20-13-12-17(28(30)31)14-21(20)32-2)33-24-19-11-7-6-10-18(19)22(26-27-24)16-8-4-3-5-9-16/h3-15H,1-2H3,(H,25,29). The van der Waals surface area contributed by atoms with E-state index in [-0.39, 0.29) is 17.3 Å². The number of hydrogen-bond donors (Lipinski definition) is 1. The number of nitro benzene ring substituents is 1. The quantitative estimate of drug-likeness (QED) is 0.225. The maximum atomic E-state index is 12.9. The molecule has 0 radical (unpaired) electrons. The fraction of sp³-hybridized carbons (Fsp3) is 0.125.